The van der Waals surface area contributed by atoms with Crippen molar-refractivity contribution in [2.75, 3.05) is 13.7 Å². The van der Waals surface area contributed by atoms with Crippen LogP contribution in [0.4, 0.5) is 0 Å². The number of nitrogens with one attached hydrogen (secondary N) is 1. The normalized spacial score (nSPS) is 16.8. The van der Waals surface area contributed by atoms with E-state index >= 15 is 0 Å². The monoisotopic (exact) mass is 290 g/mol. The second-order valence-electron chi connectivity index (χ2n) is 4.68. The molecule has 0 saturated heterocycles. The summed E-state index contributed by atoms with van der Waals surface area (Å²) in [5.74, 6) is -0.534. The fourth-order valence-electron chi connectivity index (χ4n) is 2.00. The summed E-state index contributed by atoms with van der Waals surface area (Å²) in [5.41, 5.74) is 1.37. The fourth-order valence-corrected chi connectivity index (χ4v) is 2.00. The van der Waals surface area contributed by atoms with Gasteiger partial charge >= 0.3 is 5.97 Å². The molecule has 0 aromatic heterocycles. The summed E-state index contributed by atoms with van der Waals surface area (Å²) < 4.78 is 4.52. The summed E-state index contributed by atoms with van der Waals surface area (Å²) in [6.45, 7) is 0.406. The molecule has 1 heterocycles. The SMILES string of the molecule is COC(=O)CCCNC(=O)C1=NO[C@@H](c2ccccc2)C1. The molecule has 0 fully saturated rings. The van der Waals surface area contributed by atoms with Crippen LogP contribution in [-0.2, 0) is 19.2 Å². The Labute approximate surface area is 123 Å². The first-order valence-electron chi connectivity index (χ1n) is 6.83. The van der Waals surface area contributed by atoms with Crippen molar-refractivity contribution in [3.8, 4) is 0 Å². The van der Waals surface area contributed by atoms with E-state index in [1.54, 1.807) is 0 Å². The minimum Gasteiger partial charge on any atom is -0.469 e. The molecular weight excluding hydrogens is 272 g/mol. The van der Waals surface area contributed by atoms with Crippen molar-refractivity contribution in [1.29, 1.82) is 0 Å². The highest BCUT2D eigenvalue weighted by Gasteiger charge is 2.26. The van der Waals surface area contributed by atoms with E-state index < -0.39 is 0 Å². The number of oxime groups is 1. The molecule has 2 rings (SSSR count). The first-order valence-corrected chi connectivity index (χ1v) is 6.83. The van der Waals surface area contributed by atoms with Gasteiger partial charge in [-0.3, -0.25) is 9.59 Å². The summed E-state index contributed by atoms with van der Waals surface area (Å²) in [6.07, 6.45) is 1.07. The molecule has 1 amide bonds. The van der Waals surface area contributed by atoms with E-state index in [-0.39, 0.29) is 24.4 Å². The van der Waals surface area contributed by atoms with E-state index in [1.807, 2.05) is 30.3 Å². The second kappa shape index (κ2) is 7.42. The average Bonchev–Trinajstić information content (AvgIpc) is 3.02. The molecule has 0 aliphatic carbocycles. The number of ether oxygens (including phenoxy) is 1. The van der Waals surface area contributed by atoms with Gasteiger partial charge in [0.25, 0.3) is 5.91 Å². The summed E-state index contributed by atoms with van der Waals surface area (Å²) in [4.78, 5) is 28.1. The molecule has 112 valence electrons. The number of nitrogens with zero attached hydrogens (tertiary/aromatic N) is 1. The third-order valence-electron chi connectivity index (χ3n) is 3.17. The van der Waals surface area contributed by atoms with E-state index in [4.69, 9.17) is 4.84 Å². The molecule has 1 N–H and O–H groups in total. The van der Waals surface area contributed by atoms with Gasteiger partial charge in [-0.1, -0.05) is 35.5 Å². The quantitative estimate of drug-likeness (QED) is 0.637. The number of carbonyl (C=O) groups excluding carboxylic acids is 2. The van der Waals surface area contributed by atoms with Crippen LogP contribution in [0.5, 0.6) is 0 Å². The lowest BCUT2D eigenvalue weighted by Crippen LogP contribution is -2.31. The molecular formula is C15H18N2O4. The molecule has 6 heteroatoms. The molecule has 0 spiro atoms. The molecule has 0 radical (unpaired) electrons. The Kier molecular flexibility index (Phi) is 5.31. The minimum absolute atomic E-state index is 0.206. The van der Waals surface area contributed by atoms with Crippen molar-refractivity contribution < 1.29 is 19.2 Å². The zero-order chi connectivity index (χ0) is 15.1. The van der Waals surface area contributed by atoms with Gasteiger partial charge in [-0.15, -0.1) is 0 Å². The Balaban J connectivity index is 1.74. The van der Waals surface area contributed by atoms with Crippen molar-refractivity contribution >= 4 is 17.6 Å². The minimum atomic E-state index is -0.282. The maximum absolute atomic E-state index is 11.9. The van der Waals surface area contributed by atoms with Crippen LogP contribution in [0.15, 0.2) is 35.5 Å². The van der Waals surface area contributed by atoms with Crippen LogP contribution in [0, 0.1) is 0 Å². The number of methoxy groups -OCH3 is 1. The first-order chi connectivity index (χ1) is 10.2. The Bertz CT molecular complexity index is 528. The summed E-state index contributed by atoms with van der Waals surface area (Å²) in [7, 11) is 1.34. The van der Waals surface area contributed by atoms with Gasteiger partial charge in [0.05, 0.1) is 7.11 Å². The van der Waals surface area contributed by atoms with Crippen LogP contribution >= 0.6 is 0 Å². The van der Waals surface area contributed by atoms with Crippen LogP contribution in [-0.4, -0.2) is 31.2 Å². The predicted molar refractivity (Wildman–Crippen MR) is 76.6 cm³/mol. The topological polar surface area (TPSA) is 77.0 Å². The molecule has 6 nitrogen and oxygen atoms in total. The highest BCUT2D eigenvalue weighted by Crippen LogP contribution is 2.26. The van der Waals surface area contributed by atoms with Gasteiger partial charge in [-0.2, -0.15) is 0 Å². The van der Waals surface area contributed by atoms with Gasteiger partial charge in [-0.25, -0.2) is 0 Å². The van der Waals surface area contributed by atoms with Crippen molar-refractivity contribution in [2.45, 2.75) is 25.4 Å². The van der Waals surface area contributed by atoms with E-state index in [1.165, 1.54) is 7.11 Å². The second-order valence-corrected chi connectivity index (χ2v) is 4.68. The smallest absolute Gasteiger partial charge is 0.305 e. The van der Waals surface area contributed by atoms with E-state index in [0.29, 0.717) is 25.1 Å². The Morgan fingerprint density at radius 2 is 2.14 bits per heavy atom. The fraction of sp³-hybridized carbons (Fsp3) is 0.400. The molecule has 1 aliphatic rings. The van der Waals surface area contributed by atoms with E-state index in [9.17, 15) is 9.59 Å². The molecule has 1 atom stereocenters. The first kappa shape index (κ1) is 15.0. The zero-order valence-electron chi connectivity index (χ0n) is 11.9. The number of rotatable bonds is 6. The summed E-state index contributed by atoms with van der Waals surface area (Å²) >= 11 is 0. The summed E-state index contributed by atoms with van der Waals surface area (Å²) in [6, 6.07) is 9.65. The molecule has 0 unspecified atom stereocenters. The molecule has 1 aromatic rings. The zero-order valence-corrected chi connectivity index (χ0v) is 11.9. The highest BCUT2D eigenvalue weighted by molar-refractivity contribution is 6.39. The maximum atomic E-state index is 11.9. The van der Waals surface area contributed by atoms with E-state index in [0.717, 1.165) is 5.56 Å². The van der Waals surface area contributed by atoms with Crippen molar-refractivity contribution in [2.24, 2.45) is 5.16 Å². The lowest BCUT2D eigenvalue weighted by Gasteiger charge is -2.07. The molecule has 0 saturated carbocycles. The number of benzene rings is 1. The molecule has 0 bridgehead atoms. The third-order valence-corrected chi connectivity index (χ3v) is 3.17. The van der Waals surface area contributed by atoms with Crippen LogP contribution in [0.3, 0.4) is 0 Å². The number of hydrogen-bond donors (Lipinski definition) is 1. The van der Waals surface area contributed by atoms with Crippen molar-refractivity contribution in [3.63, 3.8) is 0 Å². The van der Waals surface area contributed by atoms with Gasteiger partial charge in [0.1, 0.15) is 5.71 Å². The van der Waals surface area contributed by atoms with Gasteiger partial charge in [0.15, 0.2) is 6.10 Å². The lowest BCUT2D eigenvalue weighted by atomic mass is 10.0. The molecule has 1 aliphatic heterocycles. The van der Waals surface area contributed by atoms with Gasteiger partial charge < -0.3 is 14.9 Å². The Morgan fingerprint density at radius 3 is 2.86 bits per heavy atom. The number of carbonyl (C=O) groups is 2. The average molecular weight is 290 g/mol. The van der Waals surface area contributed by atoms with Gasteiger partial charge in [0.2, 0.25) is 0 Å². The van der Waals surface area contributed by atoms with Gasteiger partial charge in [0, 0.05) is 19.4 Å². The molecule has 21 heavy (non-hydrogen) atoms. The standard InChI is InChI=1S/C15H18N2O4/c1-20-14(18)8-5-9-16-15(19)12-10-13(21-17-12)11-6-3-2-4-7-11/h2-4,6-7,13H,5,8-10H2,1H3,(H,16,19)/t13-/m1/s1. The number of amides is 1. The predicted octanol–water partition coefficient (Wildman–Crippen LogP) is 1.57. The van der Waals surface area contributed by atoms with E-state index in [2.05, 4.69) is 15.2 Å². The Hall–Kier alpha value is -2.37. The third kappa shape index (κ3) is 4.30. The van der Waals surface area contributed by atoms with Crippen molar-refractivity contribution in [3.05, 3.63) is 35.9 Å². The largest absolute Gasteiger partial charge is 0.469 e. The highest BCUT2D eigenvalue weighted by atomic mass is 16.6. The van der Waals surface area contributed by atoms with Crippen molar-refractivity contribution in [1.82, 2.24) is 5.32 Å². The van der Waals surface area contributed by atoms with Crippen LogP contribution in [0.2, 0.25) is 0 Å². The van der Waals surface area contributed by atoms with Gasteiger partial charge in [-0.05, 0) is 12.0 Å². The molecule has 1 aromatic carbocycles. The summed E-state index contributed by atoms with van der Waals surface area (Å²) in [5, 5.41) is 6.56. The number of hydrogen-bond acceptors (Lipinski definition) is 5. The Morgan fingerprint density at radius 1 is 1.38 bits per heavy atom. The van der Waals surface area contributed by atoms with Crippen LogP contribution in [0.25, 0.3) is 0 Å². The van der Waals surface area contributed by atoms with Crippen LogP contribution in [0.1, 0.15) is 30.9 Å². The number of esters is 1. The van der Waals surface area contributed by atoms with Crippen LogP contribution < -0.4 is 5.32 Å². The lowest BCUT2D eigenvalue weighted by molar-refractivity contribution is -0.140. The maximum Gasteiger partial charge on any atom is 0.305 e.